The van der Waals surface area contributed by atoms with E-state index in [9.17, 15) is 4.79 Å². The van der Waals surface area contributed by atoms with Crippen molar-refractivity contribution in [2.75, 3.05) is 18.9 Å². The smallest absolute Gasteiger partial charge is 0.229 e. The van der Waals surface area contributed by atoms with Gasteiger partial charge in [-0.05, 0) is 35.1 Å². The number of halogens is 1. The minimum Gasteiger partial charge on any atom is -0.319 e. The van der Waals surface area contributed by atoms with Crippen molar-refractivity contribution >= 4 is 27.7 Å². The molecule has 0 saturated carbocycles. The number of nitrogens with one attached hydrogen (secondary N) is 2. The Labute approximate surface area is 97.6 Å². The quantitative estimate of drug-likeness (QED) is 0.876. The average Bonchev–Trinajstić information content (AvgIpc) is 2.21. The summed E-state index contributed by atoms with van der Waals surface area (Å²) in [5, 5.41) is 5.71. The molecule has 0 saturated heterocycles. The van der Waals surface area contributed by atoms with E-state index >= 15 is 0 Å². The summed E-state index contributed by atoms with van der Waals surface area (Å²) in [5.74, 6) is 0.443. The van der Waals surface area contributed by atoms with Crippen molar-refractivity contribution in [1.29, 1.82) is 0 Å². The highest BCUT2D eigenvalue weighted by Gasteiger charge is 2.13. The van der Waals surface area contributed by atoms with Gasteiger partial charge in [-0.15, -0.1) is 0 Å². The predicted molar refractivity (Wildman–Crippen MR) is 63.7 cm³/mol. The van der Waals surface area contributed by atoms with Crippen molar-refractivity contribution in [3.8, 4) is 0 Å². The molecule has 0 bridgehead atoms. The number of aromatic nitrogens is 1. The van der Waals surface area contributed by atoms with Crippen molar-refractivity contribution < 1.29 is 4.79 Å². The highest BCUT2D eigenvalue weighted by molar-refractivity contribution is 9.10. The van der Waals surface area contributed by atoms with Crippen LogP contribution in [0.25, 0.3) is 0 Å². The Bertz CT molecular complexity index is 343. The van der Waals surface area contributed by atoms with E-state index in [0.29, 0.717) is 12.4 Å². The predicted octanol–water partition coefficient (Wildman–Crippen LogP) is 1.64. The van der Waals surface area contributed by atoms with Crippen molar-refractivity contribution in [2.24, 2.45) is 5.92 Å². The molecule has 0 radical (unpaired) electrons. The normalized spacial score (nSPS) is 12.2. The summed E-state index contributed by atoms with van der Waals surface area (Å²) in [6.45, 7) is 2.51. The summed E-state index contributed by atoms with van der Waals surface area (Å²) in [5.41, 5.74) is 0. The Kier molecular flexibility index (Phi) is 4.71. The molecule has 1 atom stereocenters. The first-order valence-electron chi connectivity index (χ1n) is 4.71. The van der Waals surface area contributed by atoms with Crippen LogP contribution in [0.4, 0.5) is 5.82 Å². The number of anilines is 1. The van der Waals surface area contributed by atoms with Gasteiger partial charge >= 0.3 is 0 Å². The maximum Gasteiger partial charge on any atom is 0.229 e. The lowest BCUT2D eigenvalue weighted by atomic mass is 10.1. The second-order valence-electron chi connectivity index (χ2n) is 3.28. The number of nitrogens with zero attached hydrogens (tertiary/aromatic N) is 1. The summed E-state index contributed by atoms with van der Waals surface area (Å²) in [6.07, 6.45) is 1.64. The third-order valence-electron chi connectivity index (χ3n) is 1.96. The monoisotopic (exact) mass is 271 g/mol. The molecule has 2 N–H and O–H groups in total. The van der Waals surface area contributed by atoms with Crippen LogP contribution in [0, 0.1) is 5.92 Å². The highest BCUT2D eigenvalue weighted by Crippen LogP contribution is 2.18. The molecule has 1 rings (SSSR count). The lowest BCUT2D eigenvalue weighted by molar-refractivity contribution is -0.119. The summed E-state index contributed by atoms with van der Waals surface area (Å²) in [6, 6.07) is 3.64. The van der Waals surface area contributed by atoms with E-state index in [1.165, 1.54) is 0 Å². The molecule has 1 heterocycles. The van der Waals surface area contributed by atoms with Gasteiger partial charge in [0.25, 0.3) is 0 Å². The van der Waals surface area contributed by atoms with Gasteiger partial charge in [-0.2, -0.15) is 0 Å². The van der Waals surface area contributed by atoms with Gasteiger partial charge in [0.15, 0.2) is 0 Å². The molecule has 0 spiro atoms. The fourth-order valence-corrected chi connectivity index (χ4v) is 1.47. The van der Waals surface area contributed by atoms with Crippen LogP contribution in [0.2, 0.25) is 0 Å². The van der Waals surface area contributed by atoms with E-state index in [4.69, 9.17) is 0 Å². The standard InChI is InChI=1S/C10H14BrN3O/c1-7(6-12-2)10(15)14-9-8(11)4-3-5-13-9/h3-5,7,12H,6H2,1-2H3,(H,13,14,15). The fraction of sp³-hybridized carbons (Fsp3) is 0.400. The lowest BCUT2D eigenvalue weighted by Crippen LogP contribution is -2.29. The molecule has 5 heteroatoms. The minimum absolute atomic E-state index is 0.0382. The van der Waals surface area contributed by atoms with Gasteiger partial charge in [0.2, 0.25) is 5.91 Å². The van der Waals surface area contributed by atoms with Crippen LogP contribution in [-0.2, 0) is 4.79 Å². The molecule has 0 aromatic carbocycles. The van der Waals surface area contributed by atoms with E-state index in [-0.39, 0.29) is 11.8 Å². The number of pyridine rings is 1. The summed E-state index contributed by atoms with van der Waals surface area (Å²) < 4.78 is 0.787. The molecule has 0 aliphatic rings. The zero-order valence-corrected chi connectivity index (χ0v) is 10.3. The number of carbonyl (C=O) groups excluding carboxylic acids is 1. The van der Waals surface area contributed by atoms with Gasteiger partial charge in [-0.3, -0.25) is 4.79 Å². The topological polar surface area (TPSA) is 54.0 Å². The minimum atomic E-state index is -0.0797. The molecule has 0 fully saturated rings. The van der Waals surface area contributed by atoms with Crippen LogP contribution < -0.4 is 10.6 Å². The SMILES string of the molecule is CNCC(C)C(=O)Nc1ncccc1Br. The maximum atomic E-state index is 11.6. The third-order valence-corrected chi connectivity index (χ3v) is 2.60. The number of rotatable bonds is 4. The van der Waals surface area contributed by atoms with Crippen LogP contribution in [-0.4, -0.2) is 24.5 Å². The first-order valence-corrected chi connectivity index (χ1v) is 5.50. The van der Waals surface area contributed by atoms with Gasteiger partial charge in [0.05, 0.1) is 4.47 Å². The van der Waals surface area contributed by atoms with E-state index in [1.807, 2.05) is 20.0 Å². The molecule has 1 aromatic heterocycles. The number of hydrogen-bond acceptors (Lipinski definition) is 3. The Hall–Kier alpha value is -0.940. The Morgan fingerprint density at radius 1 is 1.67 bits per heavy atom. The average molecular weight is 272 g/mol. The molecule has 0 aliphatic carbocycles. The largest absolute Gasteiger partial charge is 0.319 e. The molecule has 4 nitrogen and oxygen atoms in total. The Morgan fingerprint density at radius 3 is 3.00 bits per heavy atom. The van der Waals surface area contributed by atoms with Gasteiger partial charge in [-0.25, -0.2) is 4.98 Å². The first kappa shape index (κ1) is 12.1. The lowest BCUT2D eigenvalue weighted by Gasteiger charge is -2.11. The molecule has 15 heavy (non-hydrogen) atoms. The molecule has 0 aliphatic heterocycles. The van der Waals surface area contributed by atoms with E-state index in [0.717, 1.165) is 4.47 Å². The van der Waals surface area contributed by atoms with Crippen LogP contribution in [0.5, 0.6) is 0 Å². The van der Waals surface area contributed by atoms with E-state index < -0.39 is 0 Å². The summed E-state index contributed by atoms with van der Waals surface area (Å²) >= 11 is 3.32. The van der Waals surface area contributed by atoms with Gasteiger partial charge in [0, 0.05) is 18.7 Å². The number of carbonyl (C=O) groups is 1. The summed E-state index contributed by atoms with van der Waals surface area (Å²) in [4.78, 5) is 15.7. The highest BCUT2D eigenvalue weighted by atomic mass is 79.9. The number of amides is 1. The van der Waals surface area contributed by atoms with E-state index in [1.54, 1.807) is 12.3 Å². The third kappa shape index (κ3) is 3.60. The second-order valence-corrected chi connectivity index (χ2v) is 4.14. The van der Waals surface area contributed by atoms with Crippen LogP contribution >= 0.6 is 15.9 Å². The van der Waals surface area contributed by atoms with Gasteiger partial charge in [-0.1, -0.05) is 6.92 Å². The molecule has 1 aromatic rings. The van der Waals surface area contributed by atoms with Crippen LogP contribution in [0.15, 0.2) is 22.8 Å². The molecule has 82 valence electrons. The molecular formula is C10H14BrN3O. The van der Waals surface area contributed by atoms with Crippen LogP contribution in [0.3, 0.4) is 0 Å². The van der Waals surface area contributed by atoms with Crippen molar-refractivity contribution in [2.45, 2.75) is 6.92 Å². The Morgan fingerprint density at radius 2 is 2.40 bits per heavy atom. The summed E-state index contributed by atoms with van der Waals surface area (Å²) in [7, 11) is 1.82. The first-order chi connectivity index (χ1) is 7.15. The van der Waals surface area contributed by atoms with Crippen LogP contribution in [0.1, 0.15) is 6.92 Å². The van der Waals surface area contributed by atoms with E-state index in [2.05, 4.69) is 31.5 Å². The molecule has 1 amide bonds. The van der Waals surface area contributed by atoms with Crippen molar-refractivity contribution in [3.05, 3.63) is 22.8 Å². The number of hydrogen-bond donors (Lipinski definition) is 2. The molecule has 1 unspecified atom stereocenters. The van der Waals surface area contributed by atoms with Gasteiger partial charge in [0.1, 0.15) is 5.82 Å². The molecular weight excluding hydrogens is 258 g/mol. The van der Waals surface area contributed by atoms with Crippen molar-refractivity contribution in [1.82, 2.24) is 10.3 Å². The fourth-order valence-electron chi connectivity index (χ4n) is 1.12. The zero-order valence-electron chi connectivity index (χ0n) is 8.75. The maximum absolute atomic E-state index is 11.6. The van der Waals surface area contributed by atoms with Crippen molar-refractivity contribution in [3.63, 3.8) is 0 Å². The second kappa shape index (κ2) is 5.82. The van der Waals surface area contributed by atoms with Gasteiger partial charge < -0.3 is 10.6 Å². The Balaban J connectivity index is 2.62. The zero-order chi connectivity index (χ0) is 11.3.